The number of nitrogens with zero attached hydrogens (tertiary/aromatic N) is 4. The van der Waals surface area contributed by atoms with Crippen LogP contribution in [0, 0.1) is 0 Å². The van der Waals surface area contributed by atoms with Gasteiger partial charge in [0.1, 0.15) is 6.04 Å². The molecule has 0 saturated carbocycles. The highest BCUT2D eigenvalue weighted by Gasteiger charge is 2.51. The molecule has 0 bridgehead atoms. The maximum absolute atomic E-state index is 12.7. The fraction of sp³-hybridized carbons (Fsp3) is 0.500. The van der Waals surface area contributed by atoms with E-state index in [9.17, 15) is 9.59 Å². The summed E-state index contributed by atoms with van der Waals surface area (Å²) in [6.45, 7) is 4.19. The van der Waals surface area contributed by atoms with Crippen molar-refractivity contribution >= 4 is 23.7 Å². The summed E-state index contributed by atoms with van der Waals surface area (Å²) >= 11 is 5.98. The number of halogens is 1. The van der Waals surface area contributed by atoms with Crippen molar-refractivity contribution in [3.63, 3.8) is 0 Å². The van der Waals surface area contributed by atoms with E-state index < -0.39 is 24.4 Å². The van der Waals surface area contributed by atoms with E-state index in [-0.39, 0.29) is 19.1 Å². The quantitative estimate of drug-likeness (QED) is 0.804. The smallest absolute Gasteiger partial charge is 0.413 e. The lowest BCUT2D eigenvalue weighted by Gasteiger charge is -2.44. The molecule has 0 radical (unpaired) electrons. The third kappa shape index (κ3) is 3.45. The second-order valence-corrected chi connectivity index (χ2v) is 6.21. The van der Waals surface area contributed by atoms with Crippen LogP contribution in [-0.4, -0.2) is 54.1 Å². The maximum atomic E-state index is 12.7. The van der Waals surface area contributed by atoms with Crippen LogP contribution in [-0.2, 0) is 14.3 Å². The molecular weight excluding hydrogens is 362 g/mol. The molecule has 3 rings (SSSR count). The average Bonchev–Trinajstić information content (AvgIpc) is 3.09. The van der Waals surface area contributed by atoms with E-state index in [1.807, 2.05) is 12.1 Å². The van der Waals surface area contributed by atoms with Crippen molar-refractivity contribution in [2.45, 2.75) is 32.1 Å². The fourth-order valence-corrected chi connectivity index (χ4v) is 3.27. The highest BCUT2D eigenvalue weighted by Crippen LogP contribution is 2.35. The van der Waals surface area contributed by atoms with Gasteiger partial charge in [-0.2, -0.15) is 5.01 Å². The van der Waals surface area contributed by atoms with Crippen molar-refractivity contribution in [3.05, 3.63) is 34.9 Å². The predicted octanol–water partition coefficient (Wildman–Crippen LogP) is 2.30. The highest BCUT2D eigenvalue weighted by atomic mass is 35.5. The minimum atomic E-state index is -0.893. The summed E-state index contributed by atoms with van der Waals surface area (Å²) in [5, 5.41) is 10.1. The van der Waals surface area contributed by atoms with Gasteiger partial charge in [0, 0.05) is 17.5 Å². The van der Waals surface area contributed by atoms with Gasteiger partial charge in [-0.25, -0.2) is 15.1 Å². The van der Waals surface area contributed by atoms with Gasteiger partial charge in [-0.05, 0) is 31.5 Å². The molecule has 0 aromatic heterocycles. The number of esters is 1. The number of ether oxygens (including phenoxy) is 2. The Morgan fingerprint density at radius 2 is 1.92 bits per heavy atom. The molecule has 2 aliphatic rings. The van der Waals surface area contributed by atoms with Crippen LogP contribution >= 0.6 is 11.6 Å². The van der Waals surface area contributed by atoms with Crippen molar-refractivity contribution < 1.29 is 19.1 Å². The highest BCUT2D eigenvalue weighted by molar-refractivity contribution is 6.30. The second-order valence-electron chi connectivity index (χ2n) is 5.78. The summed E-state index contributed by atoms with van der Waals surface area (Å²) in [5.74, 6) is -0.884. The molecule has 0 spiro atoms. The molecule has 1 fully saturated rings. The number of hydrazine groups is 1. The van der Waals surface area contributed by atoms with Crippen molar-refractivity contribution in [1.29, 1.82) is 0 Å². The number of fused-ring (bicyclic) bond motifs is 1. The summed E-state index contributed by atoms with van der Waals surface area (Å²) in [7, 11) is 0. The van der Waals surface area contributed by atoms with E-state index in [2.05, 4.69) is 15.9 Å². The summed E-state index contributed by atoms with van der Waals surface area (Å²) in [6, 6.07) is 6.24. The zero-order chi connectivity index (χ0) is 18.7. The van der Waals surface area contributed by atoms with E-state index in [1.165, 1.54) is 4.90 Å². The number of amides is 1. The Morgan fingerprint density at radius 1 is 1.23 bits per heavy atom. The predicted molar refractivity (Wildman–Crippen MR) is 92.0 cm³/mol. The van der Waals surface area contributed by atoms with Gasteiger partial charge in [0.25, 0.3) is 0 Å². The average molecular weight is 382 g/mol. The minimum absolute atomic E-state index is 0.174. The van der Waals surface area contributed by atoms with E-state index in [1.54, 1.807) is 31.0 Å². The molecule has 1 N–H and O–H groups in total. The number of carbonyl (C=O) groups is 2. The summed E-state index contributed by atoms with van der Waals surface area (Å²) in [5.41, 5.74) is 3.59. The first-order valence-corrected chi connectivity index (χ1v) is 8.74. The van der Waals surface area contributed by atoms with Gasteiger partial charge in [0.05, 0.1) is 13.2 Å². The lowest BCUT2D eigenvalue weighted by molar-refractivity contribution is -0.157. The molecule has 1 amide bonds. The van der Waals surface area contributed by atoms with E-state index >= 15 is 0 Å². The van der Waals surface area contributed by atoms with Crippen LogP contribution in [0.5, 0.6) is 0 Å². The Balaban J connectivity index is 2.02. The first kappa shape index (κ1) is 18.4. The van der Waals surface area contributed by atoms with Gasteiger partial charge in [0.15, 0.2) is 0 Å². The van der Waals surface area contributed by atoms with Crippen LogP contribution in [0.1, 0.15) is 25.3 Å². The zero-order valence-corrected chi connectivity index (χ0v) is 15.2. The SMILES string of the molecule is CCOC(=O)C1C(c2ccc(Cl)cc2)CN2NN=NC2N1C(=O)OCC. The number of hydrogen-bond acceptors (Lipinski definition) is 8. The Hall–Kier alpha value is -2.39. The molecule has 140 valence electrons. The van der Waals surface area contributed by atoms with E-state index in [0.717, 1.165) is 5.56 Å². The van der Waals surface area contributed by atoms with Crippen molar-refractivity contribution in [2.75, 3.05) is 19.8 Å². The van der Waals surface area contributed by atoms with Crippen molar-refractivity contribution in [1.82, 2.24) is 15.4 Å². The first-order valence-electron chi connectivity index (χ1n) is 8.36. The molecule has 0 aliphatic carbocycles. The third-order valence-electron chi connectivity index (χ3n) is 4.24. The normalized spacial score (nSPS) is 24.7. The summed E-state index contributed by atoms with van der Waals surface area (Å²) in [4.78, 5) is 26.6. The van der Waals surface area contributed by atoms with E-state index in [0.29, 0.717) is 11.6 Å². The molecule has 3 unspecified atom stereocenters. The van der Waals surface area contributed by atoms with Crippen molar-refractivity contribution in [3.8, 4) is 0 Å². The first-order chi connectivity index (χ1) is 12.6. The number of hydrogen-bond donors (Lipinski definition) is 1. The monoisotopic (exact) mass is 381 g/mol. The lowest BCUT2D eigenvalue weighted by Crippen LogP contribution is -2.65. The molecule has 10 heteroatoms. The van der Waals surface area contributed by atoms with Gasteiger partial charge in [-0.3, -0.25) is 4.90 Å². The third-order valence-corrected chi connectivity index (χ3v) is 4.49. The molecule has 26 heavy (non-hydrogen) atoms. The molecule has 3 atom stereocenters. The minimum Gasteiger partial charge on any atom is -0.464 e. The van der Waals surface area contributed by atoms with Crippen LogP contribution < -0.4 is 5.53 Å². The molecular formula is C16H20ClN5O4. The van der Waals surface area contributed by atoms with Gasteiger partial charge in [-0.15, -0.1) is 5.11 Å². The van der Waals surface area contributed by atoms with E-state index in [4.69, 9.17) is 21.1 Å². The van der Waals surface area contributed by atoms with Gasteiger partial charge in [0.2, 0.25) is 6.29 Å². The number of carbonyl (C=O) groups excluding carboxylic acids is 2. The summed E-state index contributed by atoms with van der Waals surface area (Å²) < 4.78 is 10.4. The lowest BCUT2D eigenvalue weighted by atomic mass is 9.88. The second kappa shape index (κ2) is 7.88. The van der Waals surface area contributed by atoms with Crippen molar-refractivity contribution in [2.24, 2.45) is 10.3 Å². The van der Waals surface area contributed by atoms with Crippen LogP contribution in [0.15, 0.2) is 34.6 Å². The molecule has 2 heterocycles. The molecule has 1 saturated heterocycles. The fourth-order valence-electron chi connectivity index (χ4n) is 3.15. The number of nitrogens with one attached hydrogen (secondary N) is 1. The topological polar surface area (TPSA) is 95.8 Å². The molecule has 1 aromatic rings. The number of rotatable bonds is 4. The van der Waals surface area contributed by atoms with Crippen LogP contribution in [0.25, 0.3) is 0 Å². The molecule has 2 aliphatic heterocycles. The van der Waals surface area contributed by atoms with Gasteiger partial charge >= 0.3 is 12.1 Å². The van der Waals surface area contributed by atoms with Crippen LogP contribution in [0.2, 0.25) is 5.02 Å². The van der Waals surface area contributed by atoms with Crippen LogP contribution in [0.4, 0.5) is 4.79 Å². The van der Waals surface area contributed by atoms with Crippen LogP contribution in [0.3, 0.4) is 0 Å². The Kier molecular flexibility index (Phi) is 5.58. The number of benzene rings is 1. The largest absolute Gasteiger partial charge is 0.464 e. The maximum Gasteiger partial charge on any atom is 0.413 e. The van der Waals surface area contributed by atoms with Gasteiger partial charge < -0.3 is 9.47 Å². The van der Waals surface area contributed by atoms with Gasteiger partial charge in [-0.1, -0.05) is 29.0 Å². The Labute approximate surface area is 155 Å². The standard InChI is InChI=1S/C16H20ClN5O4/c1-3-25-14(23)13-12(10-5-7-11(17)8-6-10)9-21-15(18-19-20-21)22(13)16(24)26-4-2/h5-8,12-13,15H,3-4,9H2,1-2H3,(H,18,20). The summed E-state index contributed by atoms with van der Waals surface area (Å²) in [6.07, 6.45) is -1.42. The molecule has 9 nitrogen and oxygen atoms in total. The zero-order valence-electron chi connectivity index (χ0n) is 14.5. The molecule has 1 aromatic carbocycles. The Morgan fingerprint density at radius 3 is 2.58 bits per heavy atom. The Bertz CT molecular complexity index is 698.